The van der Waals surface area contributed by atoms with Gasteiger partial charge in [0, 0.05) is 18.4 Å². The molecule has 2 aliphatic rings. The van der Waals surface area contributed by atoms with Crippen molar-refractivity contribution in [3.63, 3.8) is 0 Å². The summed E-state index contributed by atoms with van der Waals surface area (Å²) < 4.78 is 5.76. The van der Waals surface area contributed by atoms with Crippen molar-refractivity contribution in [3.05, 3.63) is 94.6 Å². The molecule has 26 heavy (non-hydrogen) atoms. The summed E-state index contributed by atoms with van der Waals surface area (Å²) in [6.45, 7) is 0. The Morgan fingerprint density at radius 3 is 2.19 bits per heavy atom. The van der Waals surface area contributed by atoms with Crippen molar-refractivity contribution < 1.29 is 9.53 Å². The van der Waals surface area contributed by atoms with Gasteiger partial charge < -0.3 is 10.5 Å². The van der Waals surface area contributed by atoms with Gasteiger partial charge >= 0.3 is 0 Å². The van der Waals surface area contributed by atoms with Crippen LogP contribution in [0.5, 0.6) is 0 Å². The number of hydrogen-bond donors (Lipinski definition) is 1. The van der Waals surface area contributed by atoms with E-state index in [0.717, 1.165) is 11.1 Å². The number of nitrogens with zero attached hydrogens (tertiary/aromatic N) is 1. The fourth-order valence-corrected chi connectivity index (χ4v) is 3.85. The molecule has 0 saturated carbocycles. The summed E-state index contributed by atoms with van der Waals surface area (Å²) in [7, 11) is 0. The van der Waals surface area contributed by atoms with E-state index in [-0.39, 0.29) is 17.6 Å². The average molecular weight is 342 g/mol. The van der Waals surface area contributed by atoms with E-state index in [2.05, 4.69) is 6.07 Å². The number of nitrogens with two attached hydrogens (primary N) is 1. The minimum atomic E-state index is -0.450. The lowest BCUT2D eigenvalue weighted by Crippen LogP contribution is -2.29. The van der Waals surface area contributed by atoms with Gasteiger partial charge in [-0.05, 0) is 17.0 Å². The summed E-state index contributed by atoms with van der Waals surface area (Å²) in [6.07, 6.45) is 1.02. The summed E-state index contributed by atoms with van der Waals surface area (Å²) in [4.78, 5) is 13.1. The van der Waals surface area contributed by atoms with Crippen LogP contribution in [-0.2, 0) is 9.53 Å². The molecule has 0 aromatic heterocycles. The zero-order chi connectivity index (χ0) is 18.1. The van der Waals surface area contributed by atoms with Crippen molar-refractivity contribution in [2.24, 2.45) is 5.73 Å². The van der Waals surface area contributed by atoms with Crippen molar-refractivity contribution in [1.82, 2.24) is 0 Å². The fourth-order valence-electron chi connectivity index (χ4n) is 3.85. The highest BCUT2D eigenvalue weighted by Crippen LogP contribution is 2.46. The van der Waals surface area contributed by atoms with Crippen molar-refractivity contribution in [1.29, 1.82) is 5.26 Å². The normalized spacial score (nSPS) is 22.5. The standard InChI is InChI=1S/C22H18N2O2/c23-13-17-20(15-9-5-2-6-10-15)21-18(25)11-16(12-19(21)26-22(17)24)14-7-3-1-4-8-14/h1-10,16,20H,11-12,24H2/t16-,20-/m1/s1. The summed E-state index contributed by atoms with van der Waals surface area (Å²) in [6, 6.07) is 21.6. The quantitative estimate of drug-likeness (QED) is 0.898. The zero-order valence-electron chi connectivity index (χ0n) is 14.2. The number of ketones is 1. The molecule has 2 atom stereocenters. The predicted octanol–water partition coefficient (Wildman–Crippen LogP) is 3.90. The molecule has 0 bridgehead atoms. The van der Waals surface area contributed by atoms with E-state index in [1.807, 2.05) is 60.7 Å². The highest BCUT2D eigenvalue weighted by atomic mass is 16.5. The molecule has 0 radical (unpaired) electrons. The fraction of sp³-hybridized carbons (Fsp3) is 0.182. The molecule has 2 aromatic rings. The number of carbonyl (C=O) groups is 1. The van der Waals surface area contributed by atoms with Gasteiger partial charge in [0.15, 0.2) is 5.78 Å². The van der Waals surface area contributed by atoms with Crippen LogP contribution in [0.4, 0.5) is 0 Å². The second-order valence-electron chi connectivity index (χ2n) is 6.61. The number of rotatable bonds is 2. The molecule has 0 amide bonds. The number of carbonyl (C=O) groups excluding carboxylic acids is 1. The summed E-state index contributed by atoms with van der Waals surface area (Å²) in [5.74, 6) is 0.334. The molecule has 0 spiro atoms. The molecule has 1 heterocycles. The highest BCUT2D eigenvalue weighted by molar-refractivity contribution is 6.00. The van der Waals surface area contributed by atoms with E-state index >= 15 is 0 Å². The third-order valence-electron chi connectivity index (χ3n) is 5.06. The number of nitriles is 1. The Kier molecular flexibility index (Phi) is 4.06. The van der Waals surface area contributed by atoms with E-state index in [4.69, 9.17) is 10.5 Å². The number of allylic oxidation sites excluding steroid dienone is 3. The van der Waals surface area contributed by atoms with Crippen LogP contribution >= 0.6 is 0 Å². The van der Waals surface area contributed by atoms with E-state index in [9.17, 15) is 10.1 Å². The Bertz CT molecular complexity index is 953. The summed E-state index contributed by atoms with van der Waals surface area (Å²) in [5, 5.41) is 9.60. The monoisotopic (exact) mass is 342 g/mol. The van der Waals surface area contributed by atoms with Gasteiger partial charge in [-0.1, -0.05) is 60.7 Å². The summed E-state index contributed by atoms with van der Waals surface area (Å²) in [5.41, 5.74) is 8.92. The zero-order valence-corrected chi connectivity index (χ0v) is 14.2. The van der Waals surface area contributed by atoms with E-state index in [1.54, 1.807) is 0 Å². The van der Waals surface area contributed by atoms with Crippen LogP contribution in [-0.4, -0.2) is 5.78 Å². The van der Waals surface area contributed by atoms with Gasteiger partial charge in [-0.3, -0.25) is 4.79 Å². The van der Waals surface area contributed by atoms with Gasteiger partial charge in [-0.15, -0.1) is 0 Å². The largest absolute Gasteiger partial charge is 0.444 e. The van der Waals surface area contributed by atoms with Gasteiger partial charge in [0.2, 0.25) is 5.88 Å². The lowest BCUT2D eigenvalue weighted by molar-refractivity contribution is -0.117. The first-order valence-electron chi connectivity index (χ1n) is 8.62. The second-order valence-corrected chi connectivity index (χ2v) is 6.61. The molecule has 128 valence electrons. The number of Topliss-reactive ketones (excluding diaryl/α,β-unsaturated/α-hetero) is 1. The molecule has 4 nitrogen and oxygen atoms in total. The Hall–Kier alpha value is -3.32. The number of ether oxygens (including phenoxy) is 1. The first-order chi connectivity index (χ1) is 12.7. The maximum atomic E-state index is 13.1. The molecular formula is C22H18N2O2. The van der Waals surface area contributed by atoms with Crippen LogP contribution in [0.25, 0.3) is 0 Å². The van der Waals surface area contributed by atoms with Gasteiger partial charge in [0.05, 0.1) is 5.92 Å². The molecule has 2 aromatic carbocycles. The van der Waals surface area contributed by atoms with Crippen LogP contribution < -0.4 is 5.73 Å². The van der Waals surface area contributed by atoms with Crippen LogP contribution in [0.15, 0.2) is 83.5 Å². The van der Waals surface area contributed by atoms with Crippen molar-refractivity contribution in [2.45, 2.75) is 24.7 Å². The van der Waals surface area contributed by atoms with Gasteiger partial charge in [0.25, 0.3) is 0 Å². The topological polar surface area (TPSA) is 76.1 Å². The second kappa shape index (κ2) is 6.53. The highest BCUT2D eigenvalue weighted by Gasteiger charge is 2.40. The van der Waals surface area contributed by atoms with Crippen molar-refractivity contribution >= 4 is 5.78 Å². The van der Waals surface area contributed by atoms with Gasteiger partial charge in [0.1, 0.15) is 17.4 Å². The third-order valence-corrected chi connectivity index (χ3v) is 5.06. The Balaban J connectivity index is 1.79. The van der Waals surface area contributed by atoms with E-state index in [1.165, 1.54) is 0 Å². The Labute approximate surface area is 152 Å². The number of hydrogen-bond acceptors (Lipinski definition) is 4. The van der Waals surface area contributed by atoms with Crippen molar-refractivity contribution in [2.75, 3.05) is 0 Å². The van der Waals surface area contributed by atoms with Gasteiger partial charge in [-0.2, -0.15) is 5.26 Å². The molecule has 1 aliphatic carbocycles. The lowest BCUT2D eigenvalue weighted by Gasteiger charge is -2.34. The smallest absolute Gasteiger partial charge is 0.205 e. The van der Waals surface area contributed by atoms with E-state index in [0.29, 0.717) is 29.7 Å². The average Bonchev–Trinajstić information content (AvgIpc) is 2.68. The minimum Gasteiger partial charge on any atom is -0.444 e. The van der Waals surface area contributed by atoms with E-state index < -0.39 is 5.92 Å². The first-order valence-corrected chi connectivity index (χ1v) is 8.62. The van der Waals surface area contributed by atoms with Crippen molar-refractivity contribution in [3.8, 4) is 6.07 Å². The molecule has 0 fully saturated rings. The first kappa shape index (κ1) is 16.2. The molecule has 0 unspecified atom stereocenters. The predicted molar refractivity (Wildman–Crippen MR) is 97.5 cm³/mol. The Morgan fingerprint density at radius 2 is 1.58 bits per heavy atom. The van der Waals surface area contributed by atoms with Crippen LogP contribution in [0.3, 0.4) is 0 Å². The van der Waals surface area contributed by atoms with Crippen LogP contribution in [0.2, 0.25) is 0 Å². The SMILES string of the molecule is N#CC1=C(N)OC2=C(C(=O)C[C@@H](c3ccccc3)C2)[C@@H]1c1ccccc1. The van der Waals surface area contributed by atoms with Crippen LogP contribution in [0, 0.1) is 11.3 Å². The Morgan fingerprint density at radius 1 is 0.962 bits per heavy atom. The minimum absolute atomic E-state index is 0.0224. The molecule has 4 rings (SSSR count). The molecular weight excluding hydrogens is 324 g/mol. The third kappa shape index (κ3) is 2.68. The molecule has 4 heteroatoms. The summed E-state index contributed by atoms with van der Waals surface area (Å²) >= 11 is 0. The maximum absolute atomic E-state index is 13.1. The van der Waals surface area contributed by atoms with Crippen LogP contribution in [0.1, 0.15) is 35.8 Å². The van der Waals surface area contributed by atoms with Gasteiger partial charge in [-0.25, -0.2) is 0 Å². The number of benzene rings is 2. The molecule has 0 saturated heterocycles. The maximum Gasteiger partial charge on any atom is 0.205 e. The lowest BCUT2D eigenvalue weighted by atomic mass is 9.74. The molecule has 1 aliphatic heterocycles. The molecule has 2 N–H and O–H groups in total.